The van der Waals surface area contributed by atoms with Crippen molar-refractivity contribution in [2.24, 2.45) is 0 Å². The predicted molar refractivity (Wildman–Crippen MR) is 89.4 cm³/mol. The largest absolute Gasteiger partial charge is 0.399 e. The highest BCUT2D eigenvalue weighted by Gasteiger charge is 2.24. The third-order valence-corrected chi connectivity index (χ3v) is 3.84. The number of nitrogens with two attached hydrogens (primary N) is 1. The van der Waals surface area contributed by atoms with Crippen molar-refractivity contribution in [3.63, 3.8) is 0 Å². The summed E-state index contributed by atoms with van der Waals surface area (Å²) in [5.74, 6) is -1.81. The van der Waals surface area contributed by atoms with E-state index in [2.05, 4.69) is 5.32 Å². The van der Waals surface area contributed by atoms with Crippen molar-refractivity contribution in [3.8, 4) is 0 Å². The molecular formula is C18H19F3N2O. The van der Waals surface area contributed by atoms with Crippen molar-refractivity contribution in [3.05, 3.63) is 58.7 Å². The minimum atomic E-state index is -2.78. The Balaban J connectivity index is 2.30. The topological polar surface area (TPSA) is 55.1 Å². The molecule has 1 unspecified atom stereocenters. The molecule has 0 aromatic heterocycles. The lowest BCUT2D eigenvalue weighted by molar-refractivity contribution is 0.100. The molecule has 0 aliphatic heterocycles. The first-order chi connectivity index (χ1) is 11.3. The summed E-state index contributed by atoms with van der Waals surface area (Å²) < 4.78 is 38.7. The maximum atomic E-state index is 12.9. The number of benzene rings is 2. The number of alkyl halides is 3. The zero-order valence-corrected chi connectivity index (χ0v) is 13.4. The number of carbonyl (C=O) groups is 1. The van der Waals surface area contributed by atoms with E-state index in [1.54, 1.807) is 38.1 Å². The molecule has 0 aliphatic rings. The van der Waals surface area contributed by atoms with Crippen LogP contribution in [-0.4, -0.2) is 19.0 Å². The minimum Gasteiger partial charge on any atom is -0.399 e. The Morgan fingerprint density at radius 3 is 2.29 bits per heavy atom. The van der Waals surface area contributed by atoms with Crippen LogP contribution in [0.1, 0.15) is 33.0 Å². The number of nitrogen functional groups attached to an aromatic ring is 1. The van der Waals surface area contributed by atoms with E-state index in [1.165, 1.54) is 12.1 Å². The van der Waals surface area contributed by atoms with Gasteiger partial charge in [-0.1, -0.05) is 18.2 Å². The van der Waals surface area contributed by atoms with Crippen LogP contribution in [0.15, 0.2) is 36.4 Å². The quantitative estimate of drug-likeness (QED) is 0.792. The fourth-order valence-electron chi connectivity index (χ4n) is 2.58. The number of carbonyl (C=O) groups excluding carboxylic acids is 1. The molecule has 0 bridgehead atoms. The average Bonchev–Trinajstić information content (AvgIpc) is 2.51. The van der Waals surface area contributed by atoms with E-state index in [4.69, 9.17) is 5.73 Å². The number of halogens is 3. The fourth-order valence-corrected chi connectivity index (χ4v) is 2.58. The number of amides is 1. The molecule has 2 aromatic rings. The Morgan fingerprint density at radius 2 is 1.79 bits per heavy atom. The van der Waals surface area contributed by atoms with Crippen molar-refractivity contribution < 1.29 is 18.0 Å². The molecule has 6 heteroatoms. The lowest BCUT2D eigenvalue weighted by Gasteiger charge is -2.18. The van der Waals surface area contributed by atoms with Gasteiger partial charge in [-0.3, -0.25) is 9.18 Å². The third kappa shape index (κ3) is 3.88. The maximum Gasteiger partial charge on any atom is 0.255 e. The van der Waals surface area contributed by atoms with Gasteiger partial charge in [0, 0.05) is 16.9 Å². The van der Waals surface area contributed by atoms with Gasteiger partial charge in [0.05, 0.1) is 5.92 Å². The smallest absolute Gasteiger partial charge is 0.255 e. The van der Waals surface area contributed by atoms with E-state index >= 15 is 0 Å². The number of rotatable bonds is 5. The van der Waals surface area contributed by atoms with E-state index in [-0.39, 0.29) is 11.5 Å². The van der Waals surface area contributed by atoms with Gasteiger partial charge in [-0.25, -0.2) is 8.78 Å². The first kappa shape index (κ1) is 17.8. The van der Waals surface area contributed by atoms with Crippen molar-refractivity contribution in [1.29, 1.82) is 0 Å². The van der Waals surface area contributed by atoms with E-state index in [1.807, 2.05) is 0 Å². The Bertz CT molecular complexity index is 724. The molecular weight excluding hydrogens is 317 g/mol. The molecule has 3 nitrogen and oxygen atoms in total. The number of hydrogen-bond acceptors (Lipinski definition) is 2. The van der Waals surface area contributed by atoms with Crippen LogP contribution in [0.2, 0.25) is 0 Å². The molecule has 1 amide bonds. The fraction of sp³-hybridized carbons (Fsp3) is 0.278. The number of anilines is 2. The maximum absolute atomic E-state index is 12.9. The number of nitrogens with one attached hydrogen (secondary N) is 1. The second-order valence-corrected chi connectivity index (χ2v) is 5.70. The highest BCUT2D eigenvalue weighted by Crippen LogP contribution is 2.30. The zero-order valence-electron chi connectivity index (χ0n) is 13.4. The number of aryl methyl sites for hydroxylation is 2. The van der Waals surface area contributed by atoms with Crippen molar-refractivity contribution in [2.45, 2.75) is 26.2 Å². The molecule has 24 heavy (non-hydrogen) atoms. The Hall–Kier alpha value is -2.50. The van der Waals surface area contributed by atoms with Crippen LogP contribution in [0.4, 0.5) is 24.5 Å². The highest BCUT2D eigenvalue weighted by atomic mass is 19.3. The Morgan fingerprint density at radius 1 is 1.17 bits per heavy atom. The second-order valence-electron chi connectivity index (χ2n) is 5.70. The summed E-state index contributed by atoms with van der Waals surface area (Å²) in [5, 5.41) is 2.76. The molecule has 0 saturated carbocycles. The van der Waals surface area contributed by atoms with Crippen molar-refractivity contribution in [2.75, 3.05) is 17.7 Å². The minimum absolute atomic E-state index is 0.226. The first-order valence-corrected chi connectivity index (χ1v) is 7.45. The molecule has 0 aliphatic carbocycles. The monoisotopic (exact) mass is 336 g/mol. The molecule has 0 spiro atoms. The van der Waals surface area contributed by atoms with Crippen LogP contribution >= 0.6 is 0 Å². The molecule has 128 valence electrons. The van der Waals surface area contributed by atoms with Crippen LogP contribution in [0.5, 0.6) is 0 Å². The molecule has 1 atom stereocenters. The average molecular weight is 336 g/mol. The molecule has 3 N–H and O–H groups in total. The molecule has 0 heterocycles. The molecule has 0 radical (unpaired) electrons. The van der Waals surface area contributed by atoms with Crippen molar-refractivity contribution in [1.82, 2.24) is 0 Å². The van der Waals surface area contributed by atoms with Crippen LogP contribution in [0.25, 0.3) is 0 Å². The summed E-state index contributed by atoms with van der Waals surface area (Å²) in [4.78, 5) is 12.3. The van der Waals surface area contributed by atoms with Crippen LogP contribution in [-0.2, 0) is 0 Å². The molecule has 0 saturated heterocycles. The van der Waals surface area contributed by atoms with Gasteiger partial charge in [0.1, 0.15) is 6.67 Å². The van der Waals surface area contributed by atoms with Gasteiger partial charge in [0.25, 0.3) is 5.91 Å². The summed E-state index contributed by atoms with van der Waals surface area (Å²) in [6.07, 6.45) is -2.78. The second kappa shape index (κ2) is 7.38. The van der Waals surface area contributed by atoms with Gasteiger partial charge in [-0.2, -0.15) is 0 Å². The molecule has 2 aromatic carbocycles. The normalized spacial score (nSPS) is 12.2. The lowest BCUT2D eigenvalue weighted by Crippen LogP contribution is -2.16. The van der Waals surface area contributed by atoms with Gasteiger partial charge in [-0.15, -0.1) is 0 Å². The van der Waals surface area contributed by atoms with Crippen LogP contribution in [0.3, 0.4) is 0 Å². The van der Waals surface area contributed by atoms with E-state index in [0.717, 1.165) is 0 Å². The molecule has 0 fully saturated rings. The van der Waals surface area contributed by atoms with Gasteiger partial charge in [0.2, 0.25) is 6.43 Å². The standard InChI is InChI=1S/C18H19F3N2O/c1-10-6-13(15(9-19)17(20)21)7-11(2)16(10)23-18(24)12-4-3-5-14(22)8-12/h3-8,15,17H,9,22H2,1-2H3,(H,23,24). The van der Waals surface area contributed by atoms with Crippen LogP contribution < -0.4 is 11.1 Å². The van der Waals surface area contributed by atoms with E-state index in [9.17, 15) is 18.0 Å². The van der Waals surface area contributed by atoms with E-state index < -0.39 is 19.0 Å². The van der Waals surface area contributed by atoms with Crippen molar-refractivity contribution >= 4 is 17.3 Å². The summed E-state index contributed by atoms with van der Waals surface area (Å²) in [7, 11) is 0. The van der Waals surface area contributed by atoms with Gasteiger partial charge < -0.3 is 11.1 Å². The SMILES string of the molecule is Cc1cc(C(CF)C(F)F)cc(C)c1NC(=O)c1cccc(N)c1. The predicted octanol–water partition coefficient (Wildman–Crippen LogP) is 4.46. The zero-order chi connectivity index (χ0) is 17.9. The lowest BCUT2D eigenvalue weighted by atomic mass is 9.95. The Kier molecular flexibility index (Phi) is 5.49. The van der Waals surface area contributed by atoms with Gasteiger partial charge >= 0.3 is 0 Å². The highest BCUT2D eigenvalue weighted by molar-refractivity contribution is 6.05. The summed E-state index contributed by atoms with van der Waals surface area (Å²) in [6, 6.07) is 9.48. The van der Waals surface area contributed by atoms with Gasteiger partial charge in [-0.05, 0) is 48.7 Å². The molecule has 2 rings (SSSR count). The summed E-state index contributed by atoms with van der Waals surface area (Å²) >= 11 is 0. The number of hydrogen-bond donors (Lipinski definition) is 2. The Labute approximate surface area is 138 Å². The third-order valence-electron chi connectivity index (χ3n) is 3.84. The van der Waals surface area contributed by atoms with Crippen LogP contribution in [0, 0.1) is 13.8 Å². The first-order valence-electron chi connectivity index (χ1n) is 7.45. The summed E-state index contributed by atoms with van der Waals surface area (Å²) in [5.41, 5.74) is 8.47. The van der Waals surface area contributed by atoms with E-state index in [0.29, 0.717) is 28.1 Å². The van der Waals surface area contributed by atoms with Gasteiger partial charge in [0.15, 0.2) is 0 Å². The summed E-state index contributed by atoms with van der Waals surface area (Å²) in [6.45, 7) is 2.24.